The molecule has 0 amide bonds. The highest BCUT2D eigenvalue weighted by molar-refractivity contribution is 5.74. The molecule has 0 saturated carbocycles. The second-order valence-corrected chi connectivity index (χ2v) is 9.86. The van der Waals surface area contributed by atoms with Gasteiger partial charge in [0.25, 0.3) is 0 Å². The molecular formula is C27H37N3O3. The van der Waals surface area contributed by atoms with Crippen molar-refractivity contribution < 1.29 is 14.6 Å². The van der Waals surface area contributed by atoms with E-state index >= 15 is 0 Å². The largest absolute Gasteiger partial charge is 0.506 e. The van der Waals surface area contributed by atoms with Crippen LogP contribution in [0.25, 0.3) is 16.7 Å². The second kappa shape index (κ2) is 11.3. The Kier molecular flexibility index (Phi) is 8.48. The van der Waals surface area contributed by atoms with E-state index in [1.54, 1.807) is 6.07 Å². The molecule has 2 aromatic carbocycles. The molecule has 0 fully saturated rings. The normalized spacial score (nSPS) is 12.7. The second-order valence-electron chi connectivity index (χ2n) is 9.86. The molecule has 0 aliphatic heterocycles. The van der Waals surface area contributed by atoms with Crippen LogP contribution in [0.1, 0.15) is 71.8 Å². The number of hydrogen-bond donors (Lipinski definition) is 1. The maximum Gasteiger partial charge on any atom is 0.309 e. The van der Waals surface area contributed by atoms with Crippen LogP contribution < -0.4 is 0 Å². The molecule has 1 unspecified atom stereocenters. The molecule has 1 N–H and O–H groups in total. The zero-order valence-electron chi connectivity index (χ0n) is 20.4. The Hall–Kier alpha value is -2.89. The summed E-state index contributed by atoms with van der Waals surface area (Å²) in [6.45, 7) is 8.87. The van der Waals surface area contributed by atoms with Gasteiger partial charge in [0, 0.05) is 0 Å². The molecule has 1 heterocycles. The summed E-state index contributed by atoms with van der Waals surface area (Å²) in [4.78, 5) is 14.4. The monoisotopic (exact) mass is 451 g/mol. The van der Waals surface area contributed by atoms with Crippen molar-refractivity contribution in [1.82, 2.24) is 15.0 Å². The standard InChI is InChI=1S/C27H37N3O3/c1-5-6-7-8-9-12-17-33-26(32)21(27(2,3)4)18-20-15-16-25(31)24(19-20)30-28-22-13-10-11-14-23(22)29-30/h10-11,13-16,19,21,31H,5-9,12,17-18H2,1-4H3. The molecule has 178 valence electrons. The molecule has 0 saturated heterocycles. The molecule has 6 heteroatoms. The molecule has 0 aliphatic rings. The average molecular weight is 452 g/mol. The Bertz CT molecular complexity index is 1020. The number of hydrogen-bond acceptors (Lipinski definition) is 5. The first-order valence-electron chi connectivity index (χ1n) is 12.1. The molecule has 0 bridgehead atoms. The molecule has 33 heavy (non-hydrogen) atoms. The predicted octanol–water partition coefficient (Wildman–Crippen LogP) is 6.23. The molecule has 3 aromatic rings. The van der Waals surface area contributed by atoms with Crippen LogP contribution in [0.2, 0.25) is 0 Å². The van der Waals surface area contributed by atoms with Gasteiger partial charge < -0.3 is 9.84 Å². The first kappa shape index (κ1) is 24.7. The molecule has 1 atom stereocenters. The zero-order chi connectivity index (χ0) is 23.8. The predicted molar refractivity (Wildman–Crippen MR) is 132 cm³/mol. The Morgan fingerprint density at radius 3 is 2.27 bits per heavy atom. The van der Waals surface area contributed by atoms with Gasteiger partial charge in [-0.3, -0.25) is 4.79 Å². The Morgan fingerprint density at radius 1 is 1.00 bits per heavy atom. The van der Waals surface area contributed by atoms with Gasteiger partial charge in [0.05, 0.1) is 12.5 Å². The SMILES string of the molecule is CCCCCCCCOC(=O)C(Cc1ccc(O)c(-n2nc3ccccc3n2)c1)C(C)(C)C. The Morgan fingerprint density at radius 2 is 1.64 bits per heavy atom. The minimum atomic E-state index is -0.292. The van der Waals surface area contributed by atoms with Gasteiger partial charge in [0.15, 0.2) is 0 Å². The fraction of sp³-hybridized carbons (Fsp3) is 0.519. The first-order chi connectivity index (χ1) is 15.8. The summed E-state index contributed by atoms with van der Waals surface area (Å²) >= 11 is 0. The fourth-order valence-corrected chi connectivity index (χ4v) is 3.96. The van der Waals surface area contributed by atoms with Gasteiger partial charge in [0.1, 0.15) is 22.5 Å². The summed E-state index contributed by atoms with van der Waals surface area (Å²) in [6, 6.07) is 12.9. The van der Waals surface area contributed by atoms with E-state index in [0.717, 1.165) is 29.4 Å². The van der Waals surface area contributed by atoms with E-state index in [1.807, 2.05) is 36.4 Å². The summed E-state index contributed by atoms with van der Waals surface area (Å²) < 4.78 is 5.67. The highest BCUT2D eigenvalue weighted by Gasteiger charge is 2.33. The van der Waals surface area contributed by atoms with Crippen LogP contribution in [0, 0.1) is 11.3 Å². The number of phenolic OH excluding ortho intramolecular Hbond substituents is 1. The number of nitrogens with zero attached hydrogens (tertiary/aromatic N) is 3. The zero-order valence-corrected chi connectivity index (χ0v) is 20.4. The van der Waals surface area contributed by atoms with Crippen molar-refractivity contribution in [3.05, 3.63) is 48.0 Å². The van der Waals surface area contributed by atoms with Crippen LogP contribution in [0.5, 0.6) is 5.75 Å². The molecule has 0 aliphatic carbocycles. The quantitative estimate of drug-likeness (QED) is 0.276. The van der Waals surface area contributed by atoms with Crippen molar-refractivity contribution in [2.75, 3.05) is 6.61 Å². The lowest BCUT2D eigenvalue weighted by molar-refractivity contribution is -0.152. The number of carbonyl (C=O) groups excluding carboxylic acids is 1. The lowest BCUT2D eigenvalue weighted by Gasteiger charge is -2.29. The number of ether oxygens (including phenoxy) is 1. The first-order valence-corrected chi connectivity index (χ1v) is 12.1. The van der Waals surface area contributed by atoms with E-state index < -0.39 is 0 Å². The van der Waals surface area contributed by atoms with Gasteiger partial charge in [-0.05, 0) is 48.1 Å². The van der Waals surface area contributed by atoms with Crippen LogP contribution in [-0.4, -0.2) is 32.7 Å². The van der Waals surface area contributed by atoms with E-state index in [4.69, 9.17) is 4.74 Å². The summed E-state index contributed by atoms with van der Waals surface area (Å²) in [5.41, 5.74) is 2.69. The van der Waals surface area contributed by atoms with Gasteiger partial charge in [-0.2, -0.15) is 0 Å². The summed E-state index contributed by atoms with van der Waals surface area (Å²) in [6.07, 6.45) is 7.47. The van der Waals surface area contributed by atoms with E-state index in [9.17, 15) is 9.90 Å². The summed E-state index contributed by atoms with van der Waals surface area (Å²) in [7, 11) is 0. The van der Waals surface area contributed by atoms with E-state index in [1.165, 1.54) is 30.5 Å². The summed E-state index contributed by atoms with van der Waals surface area (Å²) in [5.74, 6) is -0.356. The molecule has 0 radical (unpaired) electrons. The van der Waals surface area contributed by atoms with Gasteiger partial charge in [0.2, 0.25) is 0 Å². The smallest absolute Gasteiger partial charge is 0.309 e. The van der Waals surface area contributed by atoms with Crippen LogP contribution in [-0.2, 0) is 16.0 Å². The van der Waals surface area contributed by atoms with Crippen LogP contribution in [0.15, 0.2) is 42.5 Å². The minimum Gasteiger partial charge on any atom is -0.506 e. The van der Waals surface area contributed by atoms with Crippen molar-refractivity contribution in [2.24, 2.45) is 11.3 Å². The third kappa shape index (κ3) is 6.80. The Labute approximate surface area is 197 Å². The Balaban J connectivity index is 1.69. The maximum absolute atomic E-state index is 13.0. The van der Waals surface area contributed by atoms with Crippen molar-refractivity contribution in [1.29, 1.82) is 0 Å². The average Bonchev–Trinajstić information content (AvgIpc) is 3.21. The topological polar surface area (TPSA) is 77.2 Å². The van der Waals surface area contributed by atoms with Crippen molar-refractivity contribution >= 4 is 17.0 Å². The van der Waals surface area contributed by atoms with Gasteiger partial charge in [-0.25, -0.2) is 0 Å². The minimum absolute atomic E-state index is 0.0945. The number of unbranched alkanes of at least 4 members (excludes halogenated alkanes) is 5. The lowest BCUT2D eigenvalue weighted by Crippen LogP contribution is -2.32. The third-order valence-electron chi connectivity index (χ3n) is 6.05. The van der Waals surface area contributed by atoms with Gasteiger partial charge in [-0.15, -0.1) is 15.0 Å². The number of aromatic nitrogens is 3. The van der Waals surface area contributed by atoms with Crippen LogP contribution in [0.3, 0.4) is 0 Å². The molecule has 0 spiro atoms. The van der Waals surface area contributed by atoms with Crippen molar-refractivity contribution in [3.8, 4) is 11.4 Å². The van der Waals surface area contributed by atoms with Crippen molar-refractivity contribution in [2.45, 2.75) is 72.6 Å². The number of phenols is 1. The number of rotatable bonds is 11. The highest BCUT2D eigenvalue weighted by Crippen LogP contribution is 2.32. The number of carbonyl (C=O) groups is 1. The highest BCUT2D eigenvalue weighted by atomic mass is 16.5. The summed E-state index contributed by atoms with van der Waals surface area (Å²) in [5, 5.41) is 19.4. The van der Waals surface area contributed by atoms with E-state index in [0.29, 0.717) is 18.7 Å². The number of fused-ring (bicyclic) bond motifs is 1. The van der Waals surface area contributed by atoms with Crippen LogP contribution in [0.4, 0.5) is 0 Å². The maximum atomic E-state index is 13.0. The van der Waals surface area contributed by atoms with Crippen molar-refractivity contribution in [3.63, 3.8) is 0 Å². The molecule has 6 nitrogen and oxygen atoms in total. The number of esters is 1. The molecular weight excluding hydrogens is 414 g/mol. The lowest BCUT2D eigenvalue weighted by atomic mass is 9.77. The number of aromatic hydroxyl groups is 1. The van der Waals surface area contributed by atoms with Crippen LogP contribution >= 0.6 is 0 Å². The third-order valence-corrected chi connectivity index (χ3v) is 6.05. The molecule has 3 rings (SSSR count). The van der Waals surface area contributed by atoms with Gasteiger partial charge >= 0.3 is 5.97 Å². The molecule has 1 aromatic heterocycles. The number of benzene rings is 2. The fourth-order valence-electron chi connectivity index (χ4n) is 3.96. The van der Waals surface area contributed by atoms with E-state index in [2.05, 4.69) is 37.9 Å². The van der Waals surface area contributed by atoms with E-state index in [-0.39, 0.29) is 23.1 Å². The van der Waals surface area contributed by atoms with Gasteiger partial charge in [-0.1, -0.05) is 78.0 Å².